The molecule has 0 fully saturated rings. The Hall–Kier alpha value is -3.00. The van der Waals surface area contributed by atoms with Gasteiger partial charge in [0.15, 0.2) is 24.4 Å². The van der Waals surface area contributed by atoms with Crippen molar-refractivity contribution in [3.05, 3.63) is 108 Å². The molecule has 0 unspecified atom stereocenters. The van der Waals surface area contributed by atoms with Crippen molar-refractivity contribution in [2.24, 2.45) is 0 Å². The molecule has 0 atom stereocenters. The van der Waals surface area contributed by atoms with Gasteiger partial charge in [-0.1, -0.05) is 60.7 Å². The van der Waals surface area contributed by atoms with E-state index in [1.807, 2.05) is 71.6 Å². The number of aromatic nitrogens is 1. The van der Waals surface area contributed by atoms with Crippen molar-refractivity contribution in [3.63, 3.8) is 0 Å². The molecule has 2 aromatic carbocycles. The molecule has 0 amide bonds. The zero-order valence-corrected chi connectivity index (χ0v) is 12.8. The van der Waals surface area contributed by atoms with Gasteiger partial charge in [0.1, 0.15) is 0 Å². The van der Waals surface area contributed by atoms with E-state index >= 15 is 0 Å². The van der Waals surface area contributed by atoms with E-state index in [2.05, 4.69) is 18.2 Å². The number of pyridine rings is 1. The standard InChI is InChI=1S/C21H18NO/c23-21(20-11-5-2-6-12-20)13-15-22-14-7-10-19(17-22)16-18-8-3-1-4-9-18/h1-15,17H,16H2/q+1/b15-13+. The summed E-state index contributed by atoms with van der Waals surface area (Å²) >= 11 is 0. The van der Waals surface area contributed by atoms with E-state index in [0.717, 1.165) is 6.42 Å². The second kappa shape index (κ2) is 7.32. The SMILES string of the molecule is O=C(/C=C/[n+]1cccc(Cc2ccccc2)c1)c1ccccc1. The monoisotopic (exact) mass is 300 g/mol. The van der Waals surface area contributed by atoms with Gasteiger partial charge in [-0.3, -0.25) is 4.79 Å². The Kier molecular flexibility index (Phi) is 4.75. The maximum absolute atomic E-state index is 12.1. The maximum Gasteiger partial charge on any atom is 0.191 e. The molecule has 3 aromatic rings. The van der Waals surface area contributed by atoms with Gasteiger partial charge in [0.25, 0.3) is 0 Å². The lowest BCUT2D eigenvalue weighted by atomic mass is 10.1. The zero-order chi connectivity index (χ0) is 15.9. The van der Waals surface area contributed by atoms with Gasteiger partial charge >= 0.3 is 0 Å². The Labute approximate surface area is 136 Å². The van der Waals surface area contributed by atoms with Gasteiger partial charge in [-0.05, 0) is 11.6 Å². The summed E-state index contributed by atoms with van der Waals surface area (Å²) < 4.78 is 1.92. The van der Waals surface area contributed by atoms with Gasteiger partial charge in [0.2, 0.25) is 0 Å². The third kappa shape index (κ3) is 4.24. The highest BCUT2D eigenvalue weighted by Gasteiger charge is 2.04. The molecule has 23 heavy (non-hydrogen) atoms. The fourth-order valence-electron chi connectivity index (χ4n) is 2.42. The first-order chi connectivity index (χ1) is 11.3. The minimum atomic E-state index is 0.00608. The summed E-state index contributed by atoms with van der Waals surface area (Å²) in [5.41, 5.74) is 3.18. The normalized spacial score (nSPS) is 10.8. The van der Waals surface area contributed by atoms with Gasteiger partial charge in [-0.15, -0.1) is 0 Å². The van der Waals surface area contributed by atoms with Crippen molar-refractivity contribution in [3.8, 4) is 0 Å². The Morgan fingerprint density at radius 2 is 1.48 bits per heavy atom. The first-order valence-electron chi connectivity index (χ1n) is 7.62. The Bertz CT molecular complexity index is 808. The van der Waals surface area contributed by atoms with Crippen LogP contribution in [0.1, 0.15) is 21.5 Å². The lowest BCUT2D eigenvalue weighted by molar-refractivity contribution is -0.568. The van der Waals surface area contributed by atoms with Crippen LogP contribution in [0.5, 0.6) is 0 Å². The van der Waals surface area contributed by atoms with Gasteiger partial charge in [0, 0.05) is 23.6 Å². The van der Waals surface area contributed by atoms with Gasteiger partial charge < -0.3 is 0 Å². The van der Waals surface area contributed by atoms with Crippen LogP contribution in [0.2, 0.25) is 0 Å². The molecule has 0 bridgehead atoms. The molecule has 0 aliphatic rings. The highest BCUT2D eigenvalue weighted by Crippen LogP contribution is 2.07. The molecule has 2 nitrogen and oxygen atoms in total. The quantitative estimate of drug-likeness (QED) is 0.397. The van der Waals surface area contributed by atoms with Crippen LogP contribution in [-0.2, 0) is 6.42 Å². The molecule has 0 aliphatic carbocycles. The van der Waals surface area contributed by atoms with Crippen molar-refractivity contribution in [1.82, 2.24) is 0 Å². The minimum absolute atomic E-state index is 0.00608. The molecule has 0 radical (unpaired) electrons. The Morgan fingerprint density at radius 1 is 0.826 bits per heavy atom. The number of allylic oxidation sites excluding steroid dienone is 1. The topological polar surface area (TPSA) is 20.9 Å². The molecular weight excluding hydrogens is 282 g/mol. The molecule has 0 spiro atoms. The van der Waals surface area contributed by atoms with Crippen molar-refractivity contribution in [1.29, 1.82) is 0 Å². The molecular formula is C21H18NO+. The minimum Gasteiger partial charge on any atom is -0.289 e. The Balaban J connectivity index is 1.72. The average molecular weight is 300 g/mol. The third-order valence-electron chi connectivity index (χ3n) is 3.59. The highest BCUT2D eigenvalue weighted by molar-refractivity contribution is 6.05. The largest absolute Gasteiger partial charge is 0.289 e. The number of hydrogen-bond acceptors (Lipinski definition) is 1. The predicted molar refractivity (Wildman–Crippen MR) is 92.0 cm³/mol. The van der Waals surface area contributed by atoms with Gasteiger partial charge in [-0.25, -0.2) is 0 Å². The summed E-state index contributed by atoms with van der Waals surface area (Å²) in [7, 11) is 0. The fraction of sp³-hybridized carbons (Fsp3) is 0.0476. The van der Waals surface area contributed by atoms with Crippen LogP contribution in [0.3, 0.4) is 0 Å². The lowest BCUT2D eigenvalue weighted by Crippen LogP contribution is -2.25. The van der Waals surface area contributed by atoms with E-state index in [1.54, 1.807) is 12.3 Å². The summed E-state index contributed by atoms with van der Waals surface area (Å²) in [4.78, 5) is 12.1. The van der Waals surface area contributed by atoms with Crippen LogP contribution in [0.25, 0.3) is 6.20 Å². The van der Waals surface area contributed by atoms with Crippen molar-refractivity contribution >= 4 is 12.0 Å². The summed E-state index contributed by atoms with van der Waals surface area (Å²) in [5, 5.41) is 0. The van der Waals surface area contributed by atoms with Crippen LogP contribution >= 0.6 is 0 Å². The number of ketones is 1. The number of nitrogens with zero attached hydrogens (tertiary/aromatic N) is 1. The van der Waals surface area contributed by atoms with Crippen LogP contribution in [0.15, 0.2) is 91.3 Å². The predicted octanol–water partition coefficient (Wildman–Crippen LogP) is 3.92. The summed E-state index contributed by atoms with van der Waals surface area (Å²) in [6.45, 7) is 0. The van der Waals surface area contributed by atoms with E-state index in [4.69, 9.17) is 0 Å². The van der Waals surface area contributed by atoms with Gasteiger partial charge in [0.05, 0.1) is 6.08 Å². The van der Waals surface area contributed by atoms with Crippen LogP contribution in [-0.4, -0.2) is 5.78 Å². The van der Waals surface area contributed by atoms with E-state index in [-0.39, 0.29) is 5.78 Å². The maximum atomic E-state index is 12.1. The second-order valence-corrected chi connectivity index (χ2v) is 5.37. The molecule has 0 saturated heterocycles. The highest BCUT2D eigenvalue weighted by atomic mass is 16.1. The number of hydrogen-bond donors (Lipinski definition) is 0. The number of benzene rings is 2. The second-order valence-electron chi connectivity index (χ2n) is 5.37. The molecule has 1 aromatic heterocycles. The summed E-state index contributed by atoms with van der Waals surface area (Å²) in [6.07, 6.45) is 8.25. The molecule has 2 heteroatoms. The molecule has 1 heterocycles. The molecule has 0 N–H and O–H groups in total. The van der Waals surface area contributed by atoms with Crippen molar-refractivity contribution in [2.75, 3.05) is 0 Å². The van der Waals surface area contributed by atoms with E-state index in [1.165, 1.54) is 11.1 Å². The third-order valence-corrected chi connectivity index (χ3v) is 3.59. The zero-order valence-electron chi connectivity index (χ0n) is 12.8. The summed E-state index contributed by atoms with van der Waals surface area (Å²) in [5.74, 6) is 0.00608. The molecule has 0 aliphatic heterocycles. The van der Waals surface area contributed by atoms with Gasteiger partial charge in [-0.2, -0.15) is 4.57 Å². The number of rotatable bonds is 5. The van der Waals surface area contributed by atoms with Crippen LogP contribution in [0.4, 0.5) is 0 Å². The van der Waals surface area contributed by atoms with Crippen LogP contribution < -0.4 is 4.57 Å². The van der Waals surface area contributed by atoms with E-state index in [9.17, 15) is 4.79 Å². The summed E-state index contributed by atoms with van der Waals surface area (Å²) in [6, 6.07) is 23.7. The Morgan fingerprint density at radius 3 is 2.22 bits per heavy atom. The number of carbonyl (C=O) groups excluding carboxylic acids is 1. The lowest BCUT2D eigenvalue weighted by Gasteiger charge is -1.99. The first-order valence-corrected chi connectivity index (χ1v) is 7.62. The number of carbonyl (C=O) groups is 1. The van der Waals surface area contributed by atoms with E-state index < -0.39 is 0 Å². The smallest absolute Gasteiger partial charge is 0.191 e. The molecule has 112 valence electrons. The fourth-order valence-corrected chi connectivity index (χ4v) is 2.42. The first kappa shape index (κ1) is 14.9. The molecule has 3 rings (SSSR count). The van der Waals surface area contributed by atoms with Crippen molar-refractivity contribution in [2.45, 2.75) is 6.42 Å². The average Bonchev–Trinajstić information content (AvgIpc) is 2.62. The van der Waals surface area contributed by atoms with Crippen molar-refractivity contribution < 1.29 is 9.36 Å². The van der Waals surface area contributed by atoms with Crippen LogP contribution in [0, 0.1) is 0 Å². The molecule has 0 saturated carbocycles. The van der Waals surface area contributed by atoms with E-state index in [0.29, 0.717) is 5.56 Å².